The molecule has 5 nitrogen and oxygen atoms in total. The fraction of sp³-hybridized carbons (Fsp3) is 0.462. The van der Waals surface area contributed by atoms with Gasteiger partial charge in [0, 0.05) is 12.1 Å². The van der Waals surface area contributed by atoms with E-state index in [1.54, 1.807) is 12.1 Å². The van der Waals surface area contributed by atoms with Crippen LogP contribution in [0.1, 0.15) is 30.6 Å². The topological polar surface area (TPSA) is 70.8 Å². The third-order valence-corrected chi connectivity index (χ3v) is 2.69. The van der Waals surface area contributed by atoms with E-state index in [1.807, 2.05) is 0 Å². The third-order valence-electron chi connectivity index (χ3n) is 2.69. The van der Waals surface area contributed by atoms with E-state index in [4.69, 9.17) is 19.9 Å². The number of hydrogen-bond acceptors (Lipinski definition) is 5. The molecule has 0 radical (unpaired) electrons. The zero-order valence-corrected chi connectivity index (χ0v) is 10.6. The van der Waals surface area contributed by atoms with Crippen LogP contribution in [-0.2, 0) is 4.74 Å². The van der Waals surface area contributed by atoms with Crippen LogP contribution in [0.15, 0.2) is 12.1 Å². The van der Waals surface area contributed by atoms with Crippen LogP contribution in [0.5, 0.6) is 11.5 Å². The molecule has 1 aliphatic heterocycles. The second kappa shape index (κ2) is 5.16. The lowest BCUT2D eigenvalue weighted by Gasteiger charge is -2.09. The molecule has 5 heteroatoms. The van der Waals surface area contributed by atoms with Gasteiger partial charge in [0.1, 0.15) is 0 Å². The summed E-state index contributed by atoms with van der Waals surface area (Å²) < 4.78 is 15.5. The van der Waals surface area contributed by atoms with Crippen LogP contribution in [0.3, 0.4) is 0 Å². The van der Waals surface area contributed by atoms with Gasteiger partial charge in [0.2, 0.25) is 6.79 Å². The molecule has 1 aromatic rings. The number of esters is 1. The number of benzene rings is 1. The fourth-order valence-corrected chi connectivity index (χ4v) is 1.60. The van der Waals surface area contributed by atoms with Gasteiger partial charge in [0.05, 0.1) is 17.9 Å². The van der Waals surface area contributed by atoms with E-state index in [-0.39, 0.29) is 6.79 Å². The van der Waals surface area contributed by atoms with Crippen molar-refractivity contribution in [1.29, 1.82) is 0 Å². The van der Waals surface area contributed by atoms with Crippen LogP contribution < -0.4 is 15.2 Å². The molecule has 0 spiro atoms. The molecule has 0 fully saturated rings. The Kier molecular flexibility index (Phi) is 3.60. The predicted molar refractivity (Wildman–Crippen MR) is 66.7 cm³/mol. The Labute approximate surface area is 106 Å². The normalized spacial score (nSPS) is 12.8. The molecule has 0 aromatic heterocycles. The number of nitrogens with two attached hydrogens (primary N) is 1. The van der Waals surface area contributed by atoms with E-state index in [9.17, 15) is 4.79 Å². The molecule has 0 atom stereocenters. The molecule has 0 unspecified atom stereocenters. The summed E-state index contributed by atoms with van der Waals surface area (Å²) in [5.41, 5.74) is 6.45. The molecule has 2 rings (SSSR count). The molecule has 0 saturated carbocycles. The number of anilines is 1. The van der Waals surface area contributed by atoms with Gasteiger partial charge in [-0.15, -0.1) is 0 Å². The minimum atomic E-state index is -0.425. The number of hydrogen-bond donors (Lipinski definition) is 1. The number of carbonyl (C=O) groups excluding carboxylic acids is 1. The second-order valence-corrected chi connectivity index (χ2v) is 4.61. The number of rotatable bonds is 4. The van der Waals surface area contributed by atoms with Crippen LogP contribution in [0, 0.1) is 5.92 Å². The third kappa shape index (κ3) is 2.67. The Balaban J connectivity index is 2.06. The van der Waals surface area contributed by atoms with Gasteiger partial charge in [-0.2, -0.15) is 0 Å². The molecule has 18 heavy (non-hydrogen) atoms. The first kappa shape index (κ1) is 12.5. The first-order chi connectivity index (χ1) is 8.58. The van der Waals surface area contributed by atoms with Crippen molar-refractivity contribution in [2.45, 2.75) is 20.3 Å². The van der Waals surface area contributed by atoms with Gasteiger partial charge < -0.3 is 19.9 Å². The minimum absolute atomic E-state index is 0.153. The minimum Gasteiger partial charge on any atom is -0.462 e. The molecule has 0 bridgehead atoms. The zero-order valence-electron chi connectivity index (χ0n) is 10.6. The lowest BCUT2D eigenvalue weighted by atomic mass is 10.1. The SMILES string of the molecule is CC(C)CCOC(=O)c1cc2c(cc1N)OCO2. The summed E-state index contributed by atoms with van der Waals surface area (Å²) in [5.74, 6) is 1.16. The van der Waals surface area contributed by atoms with Crippen LogP contribution in [0.2, 0.25) is 0 Å². The molecule has 1 aromatic carbocycles. The standard InChI is InChI=1S/C13H17NO4/c1-8(2)3-4-16-13(15)9-5-11-12(6-10(9)14)18-7-17-11/h5-6,8H,3-4,7,14H2,1-2H3. The average Bonchev–Trinajstić information content (AvgIpc) is 2.74. The number of fused-ring (bicyclic) bond motifs is 1. The molecule has 0 aliphatic carbocycles. The van der Waals surface area contributed by atoms with Gasteiger partial charge in [-0.05, 0) is 12.3 Å². The summed E-state index contributed by atoms with van der Waals surface area (Å²) in [6.07, 6.45) is 0.830. The van der Waals surface area contributed by atoms with E-state index >= 15 is 0 Å². The summed E-state index contributed by atoms with van der Waals surface area (Å²) >= 11 is 0. The fourth-order valence-electron chi connectivity index (χ4n) is 1.60. The molecular weight excluding hydrogens is 234 g/mol. The Morgan fingerprint density at radius 3 is 2.72 bits per heavy atom. The van der Waals surface area contributed by atoms with Gasteiger partial charge in [-0.25, -0.2) is 4.79 Å². The molecular formula is C13H17NO4. The van der Waals surface area contributed by atoms with E-state index in [1.165, 1.54) is 0 Å². The highest BCUT2D eigenvalue weighted by atomic mass is 16.7. The predicted octanol–water partition coefficient (Wildman–Crippen LogP) is 2.20. The highest BCUT2D eigenvalue weighted by molar-refractivity contribution is 5.96. The first-order valence-electron chi connectivity index (χ1n) is 5.94. The largest absolute Gasteiger partial charge is 0.462 e. The van der Waals surface area contributed by atoms with Crippen molar-refractivity contribution in [2.24, 2.45) is 5.92 Å². The highest BCUT2D eigenvalue weighted by Crippen LogP contribution is 2.36. The van der Waals surface area contributed by atoms with Gasteiger partial charge in [0.25, 0.3) is 0 Å². The van der Waals surface area contributed by atoms with E-state index < -0.39 is 5.97 Å². The van der Waals surface area contributed by atoms with Gasteiger partial charge in [0.15, 0.2) is 11.5 Å². The smallest absolute Gasteiger partial charge is 0.340 e. The van der Waals surface area contributed by atoms with Crippen molar-refractivity contribution in [3.05, 3.63) is 17.7 Å². The zero-order chi connectivity index (χ0) is 13.1. The molecule has 0 saturated heterocycles. The van der Waals surface area contributed by atoms with Crippen LogP contribution >= 0.6 is 0 Å². The maximum Gasteiger partial charge on any atom is 0.340 e. The van der Waals surface area contributed by atoms with E-state index in [2.05, 4.69) is 13.8 Å². The monoisotopic (exact) mass is 251 g/mol. The number of nitrogen functional groups attached to an aromatic ring is 1. The van der Waals surface area contributed by atoms with Crippen LogP contribution in [-0.4, -0.2) is 19.4 Å². The summed E-state index contributed by atoms with van der Waals surface area (Å²) in [6.45, 7) is 4.69. The van der Waals surface area contributed by atoms with Crippen molar-refractivity contribution < 1.29 is 19.0 Å². The van der Waals surface area contributed by atoms with Gasteiger partial charge >= 0.3 is 5.97 Å². The van der Waals surface area contributed by atoms with Gasteiger partial charge in [-0.3, -0.25) is 0 Å². The summed E-state index contributed by atoms with van der Waals surface area (Å²) in [4.78, 5) is 11.8. The van der Waals surface area contributed by atoms with Crippen molar-refractivity contribution in [2.75, 3.05) is 19.1 Å². The van der Waals surface area contributed by atoms with E-state index in [0.29, 0.717) is 35.3 Å². The van der Waals surface area contributed by atoms with Crippen LogP contribution in [0.4, 0.5) is 5.69 Å². The molecule has 2 N–H and O–H groups in total. The Bertz CT molecular complexity index is 457. The van der Waals surface area contributed by atoms with E-state index in [0.717, 1.165) is 6.42 Å². The molecule has 0 amide bonds. The maximum atomic E-state index is 11.8. The highest BCUT2D eigenvalue weighted by Gasteiger charge is 2.20. The quantitative estimate of drug-likeness (QED) is 0.656. The summed E-state index contributed by atoms with van der Waals surface area (Å²) in [5, 5.41) is 0. The van der Waals surface area contributed by atoms with Crippen molar-refractivity contribution in [3.63, 3.8) is 0 Å². The second-order valence-electron chi connectivity index (χ2n) is 4.61. The molecule has 1 heterocycles. The maximum absolute atomic E-state index is 11.8. The Morgan fingerprint density at radius 1 is 1.39 bits per heavy atom. The first-order valence-corrected chi connectivity index (χ1v) is 5.94. The van der Waals surface area contributed by atoms with Crippen molar-refractivity contribution in [1.82, 2.24) is 0 Å². The number of carbonyl (C=O) groups is 1. The average molecular weight is 251 g/mol. The number of ether oxygens (including phenoxy) is 3. The Hall–Kier alpha value is -1.91. The van der Waals surface area contributed by atoms with Gasteiger partial charge in [-0.1, -0.05) is 13.8 Å². The van der Waals surface area contributed by atoms with Crippen molar-refractivity contribution in [3.8, 4) is 11.5 Å². The van der Waals surface area contributed by atoms with Crippen molar-refractivity contribution >= 4 is 11.7 Å². The lowest BCUT2D eigenvalue weighted by molar-refractivity contribution is 0.0489. The van der Waals surface area contributed by atoms with Crippen LogP contribution in [0.25, 0.3) is 0 Å². The lowest BCUT2D eigenvalue weighted by Crippen LogP contribution is -2.10. The molecule has 1 aliphatic rings. The Morgan fingerprint density at radius 2 is 2.06 bits per heavy atom. The summed E-state index contributed by atoms with van der Waals surface area (Å²) in [6, 6.07) is 3.15. The molecule has 98 valence electrons. The summed E-state index contributed by atoms with van der Waals surface area (Å²) in [7, 11) is 0.